The first-order chi connectivity index (χ1) is 15.3. The number of esters is 1. The monoisotopic (exact) mass is 476 g/mol. The molecule has 2 aromatic carbocycles. The van der Waals surface area contributed by atoms with E-state index in [1.807, 2.05) is 0 Å². The van der Waals surface area contributed by atoms with Crippen LogP contribution in [0, 0.1) is 0 Å². The SMILES string of the molecule is CCOC(=O)c1ccc(NC(=O)C(Cn2ccnc2)NS(=O)(=O)c2ccc(Cl)cc2)cc1. The summed E-state index contributed by atoms with van der Waals surface area (Å²) in [4.78, 5) is 28.6. The molecule has 0 aliphatic carbocycles. The lowest BCUT2D eigenvalue weighted by Gasteiger charge is -2.19. The summed E-state index contributed by atoms with van der Waals surface area (Å²) in [6.45, 7) is 1.97. The normalized spacial score (nSPS) is 12.2. The first-order valence-electron chi connectivity index (χ1n) is 9.60. The largest absolute Gasteiger partial charge is 0.462 e. The van der Waals surface area contributed by atoms with E-state index < -0.39 is 27.9 Å². The molecule has 2 N–H and O–H groups in total. The van der Waals surface area contributed by atoms with E-state index in [9.17, 15) is 18.0 Å². The number of halogens is 1. The first-order valence-corrected chi connectivity index (χ1v) is 11.5. The minimum Gasteiger partial charge on any atom is -0.462 e. The molecule has 1 atom stereocenters. The number of imidazole rings is 1. The molecule has 0 radical (unpaired) electrons. The van der Waals surface area contributed by atoms with Crippen LogP contribution in [0.2, 0.25) is 5.02 Å². The summed E-state index contributed by atoms with van der Waals surface area (Å²) in [6, 6.07) is 10.5. The Morgan fingerprint density at radius 3 is 2.41 bits per heavy atom. The van der Waals surface area contributed by atoms with Crippen LogP contribution in [0.4, 0.5) is 5.69 Å². The number of hydrogen-bond donors (Lipinski definition) is 2. The van der Waals surface area contributed by atoms with Gasteiger partial charge in [0.1, 0.15) is 6.04 Å². The van der Waals surface area contributed by atoms with Crippen LogP contribution in [0.3, 0.4) is 0 Å². The predicted octanol–water partition coefficient (Wildman–Crippen LogP) is 2.70. The van der Waals surface area contributed by atoms with Gasteiger partial charge in [0.2, 0.25) is 15.9 Å². The lowest BCUT2D eigenvalue weighted by Crippen LogP contribution is -2.46. The maximum atomic E-state index is 12.9. The highest BCUT2D eigenvalue weighted by Gasteiger charge is 2.26. The fourth-order valence-corrected chi connectivity index (χ4v) is 4.09. The highest BCUT2D eigenvalue weighted by atomic mass is 35.5. The lowest BCUT2D eigenvalue weighted by molar-refractivity contribution is -0.118. The number of hydrogen-bond acceptors (Lipinski definition) is 6. The molecule has 3 rings (SSSR count). The van der Waals surface area contributed by atoms with Crippen molar-refractivity contribution in [3.8, 4) is 0 Å². The number of nitrogens with zero attached hydrogens (tertiary/aromatic N) is 2. The van der Waals surface area contributed by atoms with Gasteiger partial charge in [0.05, 0.1) is 23.4 Å². The van der Waals surface area contributed by atoms with Gasteiger partial charge in [0.15, 0.2) is 0 Å². The highest BCUT2D eigenvalue weighted by Crippen LogP contribution is 2.16. The molecule has 0 aliphatic rings. The van der Waals surface area contributed by atoms with Gasteiger partial charge in [0.25, 0.3) is 0 Å². The predicted molar refractivity (Wildman–Crippen MR) is 119 cm³/mol. The quantitative estimate of drug-likeness (QED) is 0.458. The van der Waals surface area contributed by atoms with Crippen LogP contribution < -0.4 is 10.0 Å². The number of ether oxygens (including phenoxy) is 1. The van der Waals surface area contributed by atoms with Gasteiger partial charge in [-0.25, -0.2) is 18.2 Å². The molecule has 0 saturated carbocycles. The Balaban J connectivity index is 1.78. The lowest BCUT2D eigenvalue weighted by atomic mass is 10.2. The molecule has 3 aromatic rings. The second kappa shape index (κ2) is 10.4. The fourth-order valence-electron chi connectivity index (χ4n) is 2.78. The third-order valence-electron chi connectivity index (χ3n) is 4.35. The zero-order chi connectivity index (χ0) is 23.1. The summed E-state index contributed by atoms with van der Waals surface area (Å²) in [5.74, 6) is -1.06. The number of nitrogens with one attached hydrogen (secondary N) is 2. The van der Waals surface area contributed by atoms with Crippen LogP contribution in [-0.2, 0) is 26.1 Å². The Labute approximate surface area is 190 Å². The second-order valence-electron chi connectivity index (χ2n) is 6.67. The maximum absolute atomic E-state index is 12.9. The van der Waals surface area contributed by atoms with Crippen LogP contribution in [-0.4, -0.2) is 42.5 Å². The molecule has 9 nitrogen and oxygen atoms in total. The molecule has 32 heavy (non-hydrogen) atoms. The molecule has 168 valence electrons. The number of aromatic nitrogens is 2. The summed E-state index contributed by atoms with van der Waals surface area (Å²) >= 11 is 5.83. The molecule has 1 amide bonds. The van der Waals surface area contributed by atoms with Crippen LogP contribution in [0.5, 0.6) is 0 Å². The second-order valence-corrected chi connectivity index (χ2v) is 8.82. The number of sulfonamides is 1. The molecule has 1 unspecified atom stereocenters. The van der Waals surface area contributed by atoms with Gasteiger partial charge in [-0.05, 0) is 55.5 Å². The van der Waals surface area contributed by atoms with E-state index in [4.69, 9.17) is 16.3 Å². The third-order valence-corrected chi connectivity index (χ3v) is 6.09. The van der Waals surface area contributed by atoms with E-state index in [0.29, 0.717) is 16.3 Å². The van der Waals surface area contributed by atoms with Crippen molar-refractivity contribution in [2.24, 2.45) is 0 Å². The van der Waals surface area contributed by atoms with Gasteiger partial charge in [0, 0.05) is 29.6 Å². The Kier molecular flexibility index (Phi) is 7.62. The molecule has 0 saturated heterocycles. The summed E-state index contributed by atoms with van der Waals surface area (Å²) in [5.41, 5.74) is 0.729. The van der Waals surface area contributed by atoms with E-state index in [1.54, 1.807) is 17.7 Å². The number of benzene rings is 2. The van der Waals surface area contributed by atoms with Gasteiger partial charge in [-0.15, -0.1) is 0 Å². The van der Waals surface area contributed by atoms with E-state index in [2.05, 4.69) is 15.0 Å². The summed E-state index contributed by atoms with van der Waals surface area (Å²) < 4.78 is 34.6. The minimum atomic E-state index is -4.01. The molecular formula is C21H21ClN4O5S. The van der Waals surface area contributed by atoms with Gasteiger partial charge < -0.3 is 14.6 Å². The van der Waals surface area contributed by atoms with Crippen LogP contribution >= 0.6 is 11.6 Å². The molecule has 11 heteroatoms. The molecule has 0 bridgehead atoms. The fraction of sp³-hybridized carbons (Fsp3) is 0.190. The van der Waals surface area contributed by atoms with Gasteiger partial charge in [-0.1, -0.05) is 11.6 Å². The smallest absolute Gasteiger partial charge is 0.338 e. The Morgan fingerprint density at radius 2 is 1.81 bits per heavy atom. The zero-order valence-electron chi connectivity index (χ0n) is 17.1. The summed E-state index contributed by atoms with van der Waals surface area (Å²) in [6.07, 6.45) is 4.62. The average molecular weight is 477 g/mol. The van der Waals surface area contributed by atoms with Crippen LogP contribution in [0.15, 0.2) is 72.1 Å². The van der Waals surface area contributed by atoms with Crippen molar-refractivity contribution in [2.45, 2.75) is 24.4 Å². The van der Waals surface area contributed by atoms with E-state index in [0.717, 1.165) is 0 Å². The number of carbonyl (C=O) groups is 2. The molecule has 1 heterocycles. The number of rotatable bonds is 9. The average Bonchev–Trinajstić information content (AvgIpc) is 3.27. The van der Waals surface area contributed by atoms with E-state index in [-0.39, 0.29) is 18.0 Å². The van der Waals surface area contributed by atoms with Crippen molar-refractivity contribution in [1.29, 1.82) is 0 Å². The van der Waals surface area contributed by atoms with Crippen LogP contribution in [0.25, 0.3) is 0 Å². The van der Waals surface area contributed by atoms with Crippen molar-refractivity contribution >= 4 is 39.2 Å². The topological polar surface area (TPSA) is 119 Å². The van der Waals surface area contributed by atoms with Crippen LogP contribution in [0.1, 0.15) is 17.3 Å². The van der Waals surface area contributed by atoms with Crippen molar-refractivity contribution in [1.82, 2.24) is 14.3 Å². The van der Waals surface area contributed by atoms with Gasteiger partial charge in [-0.2, -0.15) is 4.72 Å². The molecule has 0 aliphatic heterocycles. The van der Waals surface area contributed by atoms with Gasteiger partial charge in [-0.3, -0.25) is 4.79 Å². The first kappa shape index (κ1) is 23.5. The van der Waals surface area contributed by atoms with E-state index >= 15 is 0 Å². The molecule has 1 aromatic heterocycles. The standard InChI is InChI=1S/C21H21ClN4O5S/c1-2-31-21(28)15-3-7-17(8-4-15)24-20(27)19(13-26-12-11-23-14-26)25-32(29,30)18-9-5-16(22)6-10-18/h3-12,14,19,25H,2,13H2,1H3,(H,24,27). The Morgan fingerprint density at radius 1 is 1.12 bits per heavy atom. The third kappa shape index (κ3) is 6.16. The van der Waals surface area contributed by atoms with E-state index in [1.165, 1.54) is 61.1 Å². The number of carbonyl (C=O) groups excluding carboxylic acids is 2. The van der Waals surface area contributed by atoms with Gasteiger partial charge >= 0.3 is 5.97 Å². The molecule has 0 fully saturated rings. The Hall–Kier alpha value is -3.21. The summed E-state index contributed by atoms with van der Waals surface area (Å²) in [7, 11) is -4.01. The zero-order valence-corrected chi connectivity index (χ0v) is 18.6. The summed E-state index contributed by atoms with van der Waals surface area (Å²) in [5, 5.41) is 3.05. The Bertz CT molecular complexity index is 1160. The van der Waals surface area contributed by atoms with Crippen molar-refractivity contribution < 1.29 is 22.7 Å². The molecule has 0 spiro atoms. The minimum absolute atomic E-state index is 0.0135. The van der Waals surface area contributed by atoms with Crippen molar-refractivity contribution in [2.75, 3.05) is 11.9 Å². The maximum Gasteiger partial charge on any atom is 0.338 e. The highest BCUT2D eigenvalue weighted by molar-refractivity contribution is 7.89. The molecular weight excluding hydrogens is 456 g/mol. The van der Waals surface area contributed by atoms with Crippen molar-refractivity contribution in [3.63, 3.8) is 0 Å². The number of amides is 1. The number of anilines is 1. The van der Waals surface area contributed by atoms with Crippen molar-refractivity contribution in [3.05, 3.63) is 77.8 Å².